The fourth-order valence-electron chi connectivity index (χ4n) is 2.45. The molecule has 1 aromatic heterocycles. The van der Waals surface area contributed by atoms with Crippen LogP contribution in [0.3, 0.4) is 0 Å². The Bertz CT molecular complexity index is 807. The summed E-state index contributed by atoms with van der Waals surface area (Å²) in [6.45, 7) is 9.85. The van der Waals surface area contributed by atoms with E-state index < -0.39 is 0 Å². The minimum Gasteiger partial charge on any atom is -0.357 e. The molecule has 0 aliphatic rings. The predicted octanol–water partition coefficient (Wildman–Crippen LogP) is 2.02. The van der Waals surface area contributed by atoms with Gasteiger partial charge in [-0.15, -0.1) is 0 Å². The second-order valence-electron chi connectivity index (χ2n) is 7.42. The monoisotopic (exact) mass is 386 g/mol. The molecule has 3 N–H and O–H groups in total. The second kappa shape index (κ2) is 9.87. The Labute approximate surface area is 166 Å². The first-order valence-electron chi connectivity index (χ1n) is 9.49. The minimum atomic E-state index is -0.180. The number of hydrogen-bond acceptors (Lipinski definition) is 5. The molecule has 0 fully saturated rings. The van der Waals surface area contributed by atoms with Crippen molar-refractivity contribution in [3.8, 4) is 0 Å². The Morgan fingerprint density at radius 3 is 2.68 bits per heavy atom. The highest BCUT2D eigenvalue weighted by atomic mass is 16.5. The van der Waals surface area contributed by atoms with Crippen molar-refractivity contribution < 1.29 is 9.32 Å². The first-order chi connectivity index (χ1) is 13.3. The lowest BCUT2D eigenvalue weighted by Gasteiger charge is -2.11. The summed E-state index contributed by atoms with van der Waals surface area (Å²) in [7, 11) is 1.63. The highest BCUT2D eigenvalue weighted by Gasteiger charge is 2.21. The van der Waals surface area contributed by atoms with E-state index in [-0.39, 0.29) is 11.3 Å². The molecule has 1 amide bonds. The van der Waals surface area contributed by atoms with E-state index >= 15 is 0 Å². The number of carbonyl (C=O) groups is 1. The Morgan fingerprint density at radius 2 is 2.04 bits per heavy atom. The van der Waals surface area contributed by atoms with Crippen molar-refractivity contribution in [2.24, 2.45) is 4.99 Å². The Morgan fingerprint density at radius 1 is 1.25 bits per heavy atom. The van der Waals surface area contributed by atoms with Gasteiger partial charge in [-0.05, 0) is 31.0 Å². The van der Waals surface area contributed by atoms with Gasteiger partial charge in [-0.2, -0.15) is 4.98 Å². The molecule has 0 unspecified atom stereocenters. The molecule has 0 saturated heterocycles. The molecule has 0 atom stereocenters. The van der Waals surface area contributed by atoms with Crippen LogP contribution in [-0.2, 0) is 18.4 Å². The number of hydrogen-bond donors (Lipinski definition) is 3. The van der Waals surface area contributed by atoms with Crippen LogP contribution in [-0.4, -0.2) is 42.1 Å². The summed E-state index contributed by atoms with van der Waals surface area (Å²) in [6.07, 6.45) is 0.769. The van der Waals surface area contributed by atoms with E-state index in [9.17, 15) is 4.79 Å². The number of benzene rings is 1. The largest absolute Gasteiger partial charge is 0.357 e. The van der Waals surface area contributed by atoms with E-state index in [1.807, 2.05) is 45.9 Å². The topological polar surface area (TPSA) is 104 Å². The zero-order valence-electron chi connectivity index (χ0n) is 17.3. The van der Waals surface area contributed by atoms with Crippen molar-refractivity contribution in [1.82, 2.24) is 26.1 Å². The maximum absolute atomic E-state index is 11.7. The standard InChI is InChI=1S/C20H30N6O2/c1-6-22-19(24-13-16-25-18(28-26-16)20(2,3)4)23-11-10-14-8-7-9-15(12-14)17(27)21-5/h7-9,12H,6,10-11,13H2,1-5H3,(H,21,27)(H2,22,23,24). The average Bonchev–Trinajstić information content (AvgIpc) is 3.15. The van der Waals surface area contributed by atoms with Gasteiger partial charge in [-0.1, -0.05) is 38.1 Å². The van der Waals surface area contributed by atoms with Gasteiger partial charge in [0.15, 0.2) is 11.8 Å². The summed E-state index contributed by atoms with van der Waals surface area (Å²) >= 11 is 0. The molecule has 8 nitrogen and oxygen atoms in total. The highest BCUT2D eigenvalue weighted by molar-refractivity contribution is 5.94. The number of aromatic nitrogens is 2. The van der Waals surface area contributed by atoms with E-state index in [4.69, 9.17) is 4.52 Å². The molecular weight excluding hydrogens is 356 g/mol. The Hall–Kier alpha value is -2.90. The maximum atomic E-state index is 11.7. The second-order valence-corrected chi connectivity index (χ2v) is 7.42. The number of aliphatic imine (C=N–C) groups is 1. The van der Waals surface area contributed by atoms with Gasteiger partial charge in [0, 0.05) is 31.1 Å². The fourth-order valence-corrected chi connectivity index (χ4v) is 2.45. The number of amides is 1. The maximum Gasteiger partial charge on any atom is 0.251 e. The van der Waals surface area contributed by atoms with E-state index in [0.29, 0.717) is 36.3 Å². The molecule has 0 saturated carbocycles. The molecule has 0 radical (unpaired) electrons. The van der Waals surface area contributed by atoms with Crippen LogP contribution in [0.2, 0.25) is 0 Å². The third-order valence-electron chi connectivity index (χ3n) is 3.95. The van der Waals surface area contributed by atoms with Crippen molar-refractivity contribution in [2.45, 2.75) is 46.1 Å². The quantitative estimate of drug-likeness (QED) is 0.497. The zero-order chi connectivity index (χ0) is 20.6. The van der Waals surface area contributed by atoms with Gasteiger partial charge in [-0.25, -0.2) is 4.99 Å². The first kappa shape index (κ1) is 21.4. The lowest BCUT2D eigenvalue weighted by Crippen LogP contribution is -2.38. The summed E-state index contributed by atoms with van der Waals surface area (Å²) in [6, 6.07) is 7.60. The van der Waals surface area contributed by atoms with Crippen LogP contribution >= 0.6 is 0 Å². The van der Waals surface area contributed by atoms with Gasteiger partial charge in [0.05, 0.1) is 0 Å². The van der Waals surface area contributed by atoms with Crippen molar-refractivity contribution >= 4 is 11.9 Å². The molecule has 152 valence electrons. The van der Waals surface area contributed by atoms with Crippen LogP contribution in [0.5, 0.6) is 0 Å². The summed E-state index contributed by atoms with van der Waals surface area (Å²) in [4.78, 5) is 20.7. The van der Waals surface area contributed by atoms with Gasteiger partial charge in [0.25, 0.3) is 5.91 Å². The predicted molar refractivity (Wildman–Crippen MR) is 109 cm³/mol. The smallest absolute Gasteiger partial charge is 0.251 e. The van der Waals surface area contributed by atoms with Crippen LogP contribution in [0.1, 0.15) is 55.3 Å². The molecule has 0 aliphatic heterocycles. The number of carbonyl (C=O) groups excluding carboxylic acids is 1. The van der Waals surface area contributed by atoms with E-state index in [2.05, 4.69) is 31.1 Å². The van der Waals surface area contributed by atoms with Gasteiger partial charge in [-0.3, -0.25) is 4.79 Å². The van der Waals surface area contributed by atoms with Crippen LogP contribution in [0, 0.1) is 0 Å². The normalized spacial score (nSPS) is 12.0. The van der Waals surface area contributed by atoms with Crippen LogP contribution in [0.15, 0.2) is 33.8 Å². The van der Waals surface area contributed by atoms with Gasteiger partial charge >= 0.3 is 0 Å². The molecule has 2 rings (SSSR count). The van der Waals surface area contributed by atoms with Crippen LogP contribution < -0.4 is 16.0 Å². The van der Waals surface area contributed by atoms with Crippen LogP contribution in [0.25, 0.3) is 0 Å². The molecule has 1 heterocycles. The van der Waals surface area contributed by atoms with Crippen LogP contribution in [0.4, 0.5) is 0 Å². The minimum absolute atomic E-state index is 0.0838. The van der Waals surface area contributed by atoms with Crippen molar-refractivity contribution in [3.05, 3.63) is 47.1 Å². The first-order valence-corrected chi connectivity index (χ1v) is 9.49. The van der Waals surface area contributed by atoms with E-state index in [1.165, 1.54) is 0 Å². The lowest BCUT2D eigenvalue weighted by molar-refractivity contribution is 0.0963. The summed E-state index contributed by atoms with van der Waals surface area (Å²) in [5.41, 5.74) is 1.56. The summed E-state index contributed by atoms with van der Waals surface area (Å²) in [5.74, 6) is 1.76. The SMILES string of the molecule is CCNC(=NCc1noc(C(C)(C)C)n1)NCCc1cccc(C(=O)NC)c1. The lowest BCUT2D eigenvalue weighted by atomic mass is 9.97. The van der Waals surface area contributed by atoms with E-state index in [0.717, 1.165) is 18.5 Å². The highest BCUT2D eigenvalue weighted by Crippen LogP contribution is 2.19. The molecule has 0 spiro atoms. The molecule has 2 aromatic rings. The number of rotatable bonds is 7. The zero-order valence-corrected chi connectivity index (χ0v) is 17.3. The molecule has 28 heavy (non-hydrogen) atoms. The van der Waals surface area contributed by atoms with E-state index in [1.54, 1.807) is 13.1 Å². The third-order valence-corrected chi connectivity index (χ3v) is 3.95. The Balaban J connectivity index is 1.93. The third kappa shape index (κ3) is 6.37. The number of guanidine groups is 1. The van der Waals surface area contributed by atoms with Crippen molar-refractivity contribution in [2.75, 3.05) is 20.1 Å². The molecule has 1 aromatic carbocycles. The van der Waals surface area contributed by atoms with Crippen molar-refractivity contribution in [3.63, 3.8) is 0 Å². The summed E-state index contributed by atoms with van der Waals surface area (Å²) < 4.78 is 5.30. The summed E-state index contributed by atoms with van der Waals surface area (Å²) in [5, 5.41) is 13.1. The molecule has 0 aliphatic carbocycles. The fraction of sp³-hybridized carbons (Fsp3) is 0.500. The molecule has 8 heteroatoms. The molecular formula is C20H30N6O2. The van der Waals surface area contributed by atoms with Crippen molar-refractivity contribution in [1.29, 1.82) is 0 Å². The molecule has 0 bridgehead atoms. The average molecular weight is 387 g/mol. The number of nitrogens with one attached hydrogen (secondary N) is 3. The Kier molecular flexibility index (Phi) is 7.54. The van der Waals surface area contributed by atoms with Gasteiger partial charge in [0.1, 0.15) is 6.54 Å². The van der Waals surface area contributed by atoms with Gasteiger partial charge in [0.2, 0.25) is 5.89 Å². The van der Waals surface area contributed by atoms with Gasteiger partial charge < -0.3 is 20.5 Å². The number of nitrogens with zero attached hydrogens (tertiary/aromatic N) is 3.